The third kappa shape index (κ3) is 2.54. The van der Waals surface area contributed by atoms with Gasteiger partial charge in [-0.2, -0.15) is 0 Å². The maximum atomic E-state index is 10.9. The topological polar surface area (TPSA) is 55.4 Å². The second-order valence-electron chi connectivity index (χ2n) is 2.33. The van der Waals surface area contributed by atoms with Gasteiger partial charge in [0.1, 0.15) is 0 Å². The van der Waals surface area contributed by atoms with Crippen LogP contribution in [0, 0.1) is 0 Å². The first-order valence-corrected chi connectivity index (χ1v) is 3.64. The molecule has 0 spiro atoms. The van der Waals surface area contributed by atoms with Crippen LogP contribution in [0.5, 0.6) is 0 Å². The smallest absolute Gasteiger partial charge is 0.251 e. The lowest BCUT2D eigenvalue weighted by molar-refractivity contribution is -0.117. The Morgan fingerprint density at radius 3 is 2.67 bits per heavy atom. The van der Waals surface area contributed by atoms with Crippen LogP contribution in [0.2, 0.25) is 0 Å². The minimum absolute atomic E-state index is 0.219. The SMILES string of the molecule is NC=NC(=O)Cc1ccccc1. The number of carbonyl (C=O) groups excluding carboxylic acids is 1. The van der Waals surface area contributed by atoms with Gasteiger partial charge in [-0.1, -0.05) is 30.3 Å². The van der Waals surface area contributed by atoms with E-state index in [4.69, 9.17) is 5.73 Å². The lowest BCUT2D eigenvalue weighted by Crippen LogP contribution is -2.01. The standard InChI is InChI=1S/C9H10N2O/c10-7-11-9(12)6-8-4-2-1-3-5-8/h1-5,7H,6H2,(H2,10,11,12). The Hall–Kier alpha value is -1.64. The van der Waals surface area contributed by atoms with E-state index < -0.39 is 0 Å². The summed E-state index contributed by atoms with van der Waals surface area (Å²) in [5.74, 6) is -0.219. The van der Waals surface area contributed by atoms with E-state index in [1.54, 1.807) is 0 Å². The number of hydrogen-bond acceptors (Lipinski definition) is 1. The summed E-state index contributed by atoms with van der Waals surface area (Å²) in [5, 5.41) is 0. The van der Waals surface area contributed by atoms with Gasteiger partial charge in [-0.15, -0.1) is 0 Å². The fraction of sp³-hybridized carbons (Fsp3) is 0.111. The van der Waals surface area contributed by atoms with Gasteiger partial charge in [-0.05, 0) is 5.56 Å². The fourth-order valence-electron chi connectivity index (χ4n) is 0.899. The monoisotopic (exact) mass is 162 g/mol. The molecule has 0 radical (unpaired) electrons. The van der Waals surface area contributed by atoms with Crippen LogP contribution >= 0.6 is 0 Å². The van der Waals surface area contributed by atoms with Crippen molar-refractivity contribution in [2.45, 2.75) is 6.42 Å². The van der Waals surface area contributed by atoms with Crippen molar-refractivity contribution in [2.75, 3.05) is 0 Å². The molecule has 2 N–H and O–H groups in total. The molecule has 0 atom stereocenters. The molecular weight excluding hydrogens is 152 g/mol. The van der Waals surface area contributed by atoms with Gasteiger partial charge >= 0.3 is 0 Å². The van der Waals surface area contributed by atoms with Crippen molar-refractivity contribution in [3.8, 4) is 0 Å². The van der Waals surface area contributed by atoms with Gasteiger partial charge in [-0.3, -0.25) is 4.79 Å². The number of nitrogens with two attached hydrogens (primary N) is 1. The van der Waals surface area contributed by atoms with Gasteiger partial charge in [0.2, 0.25) is 0 Å². The minimum atomic E-state index is -0.219. The van der Waals surface area contributed by atoms with Crippen LogP contribution in [0.1, 0.15) is 5.56 Å². The van der Waals surface area contributed by atoms with Gasteiger partial charge < -0.3 is 5.73 Å². The van der Waals surface area contributed by atoms with Crippen LogP contribution in [0.4, 0.5) is 0 Å². The highest BCUT2D eigenvalue weighted by Crippen LogP contribution is 1.99. The van der Waals surface area contributed by atoms with Crippen molar-refractivity contribution in [3.63, 3.8) is 0 Å². The Bertz CT molecular complexity index is 280. The van der Waals surface area contributed by atoms with E-state index in [1.165, 1.54) is 0 Å². The van der Waals surface area contributed by atoms with Crippen molar-refractivity contribution in [1.29, 1.82) is 0 Å². The summed E-state index contributed by atoms with van der Waals surface area (Å²) in [7, 11) is 0. The average Bonchev–Trinajstić information content (AvgIpc) is 2.06. The number of nitrogens with zero attached hydrogens (tertiary/aromatic N) is 1. The van der Waals surface area contributed by atoms with Gasteiger partial charge in [0.15, 0.2) is 0 Å². The molecule has 0 fully saturated rings. The van der Waals surface area contributed by atoms with Crippen molar-refractivity contribution >= 4 is 12.2 Å². The maximum Gasteiger partial charge on any atom is 0.251 e. The minimum Gasteiger partial charge on any atom is -0.390 e. The number of rotatable bonds is 2. The number of hydrogen-bond donors (Lipinski definition) is 1. The molecule has 0 aliphatic rings. The van der Waals surface area contributed by atoms with Crippen molar-refractivity contribution in [3.05, 3.63) is 35.9 Å². The van der Waals surface area contributed by atoms with Crippen molar-refractivity contribution in [2.24, 2.45) is 10.7 Å². The quantitative estimate of drug-likeness (QED) is 0.515. The van der Waals surface area contributed by atoms with E-state index >= 15 is 0 Å². The van der Waals surface area contributed by atoms with Crippen LogP contribution in [0.3, 0.4) is 0 Å². The first-order valence-electron chi connectivity index (χ1n) is 3.64. The van der Waals surface area contributed by atoms with E-state index in [9.17, 15) is 4.79 Å². The zero-order valence-electron chi connectivity index (χ0n) is 6.60. The highest BCUT2D eigenvalue weighted by atomic mass is 16.1. The molecule has 3 heteroatoms. The van der Waals surface area contributed by atoms with Gasteiger partial charge in [-0.25, -0.2) is 4.99 Å². The van der Waals surface area contributed by atoms with E-state index in [-0.39, 0.29) is 5.91 Å². The van der Waals surface area contributed by atoms with Crippen LogP contribution < -0.4 is 5.73 Å². The molecule has 0 aromatic heterocycles. The van der Waals surface area contributed by atoms with Crippen molar-refractivity contribution in [1.82, 2.24) is 0 Å². The van der Waals surface area contributed by atoms with Crippen LogP contribution in [-0.4, -0.2) is 12.2 Å². The molecule has 1 aromatic carbocycles. The molecule has 3 nitrogen and oxygen atoms in total. The molecule has 0 saturated carbocycles. The van der Waals surface area contributed by atoms with Crippen LogP contribution in [-0.2, 0) is 11.2 Å². The summed E-state index contributed by atoms with van der Waals surface area (Å²) in [6.45, 7) is 0. The van der Waals surface area contributed by atoms with Crippen LogP contribution in [0.15, 0.2) is 35.3 Å². The van der Waals surface area contributed by atoms with E-state index in [1.807, 2.05) is 30.3 Å². The summed E-state index contributed by atoms with van der Waals surface area (Å²) in [4.78, 5) is 14.4. The summed E-state index contributed by atoms with van der Waals surface area (Å²) in [5.41, 5.74) is 5.92. The number of amides is 1. The number of aliphatic imine (C=N–C) groups is 1. The zero-order chi connectivity index (χ0) is 8.81. The normalized spacial score (nSPS) is 10.3. The number of carbonyl (C=O) groups is 1. The summed E-state index contributed by atoms with van der Waals surface area (Å²) >= 11 is 0. The van der Waals surface area contributed by atoms with E-state index in [0.29, 0.717) is 6.42 Å². The molecule has 0 heterocycles. The lowest BCUT2D eigenvalue weighted by atomic mass is 10.1. The maximum absolute atomic E-state index is 10.9. The Labute approximate surface area is 70.9 Å². The lowest BCUT2D eigenvalue weighted by Gasteiger charge is -1.94. The highest BCUT2D eigenvalue weighted by molar-refractivity contribution is 5.85. The number of benzene rings is 1. The Morgan fingerprint density at radius 2 is 2.08 bits per heavy atom. The second-order valence-corrected chi connectivity index (χ2v) is 2.33. The largest absolute Gasteiger partial charge is 0.390 e. The van der Waals surface area contributed by atoms with E-state index in [0.717, 1.165) is 11.9 Å². The molecule has 0 unspecified atom stereocenters. The predicted molar refractivity (Wildman–Crippen MR) is 47.8 cm³/mol. The molecule has 0 bridgehead atoms. The third-order valence-corrected chi connectivity index (χ3v) is 1.42. The Morgan fingerprint density at radius 1 is 1.42 bits per heavy atom. The molecule has 0 aliphatic carbocycles. The van der Waals surface area contributed by atoms with Gasteiger partial charge in [0.05, 0.1) is 12.8 Å². The van der Waals surface area contributed by atoms with Crippen LogP contribution in [0.25, 0.3) is 0 Å². The third-order valence-electron chi connectivity index (χ3n) is 1.42. The Balaban J connectivity index is 2.59. The summed E-state index contributed by atoms with van der Waals surface area (Å²) < 4.78 is 0. The summed E-state index contributed by atoms with van der Waals surface area (Å²) in [6, 6.07) is 9.43. The van der Waals surface area contributed by atoms with Gasteiger partial charge in [0, 0.05) is 0 Å². The molecule has 1 rings (SSSR count). The molecule has 12 heavy (non-hydrogen) atoms. The fourth-order valence-corrected chi connectivity index (χ4v) is 0.899. The zero-order valence-corrected chi connectivity index (χ0v) is 6.60. The first-order chi connectivity index (χ1) is 5.83. The molecule has 0 saturated heterocycles. The summed E-state index contributed by atoms with van der Waals surface area (Å²) in [6.07, 6.45) is 1.33. The molecule has 1 amide bonds. The molecular formula is C9H10N2O. The average molecular weight is 162 g/mol. The highest BCUT2D eigenvalue weighted by Gasteiger charge is 1.98. The molecule has 1 aromatic rings. The molecule has 62 valence electrons. The predicted octanol–water partition coefficient (Wildman–Crippen LogP) is 0.743. The van der Waals surface area contributed by atoms with E-state index in [2.05, 4.69) is 4.99 Å². The van der Waals surface area contributed by atoms with Gasteiger partial charge in [0.25, 0.3) is 5.91 Å². The first kappa shape index (κ1) is 8.46. The van der Waals surface area contributed by atoms with Crippen molar-refractivity contribution < 1.29 is 4.79 Å². The second kappa shape index (κ2) is 4.28. The Kier molecular flexibility index (Phi) is 3.02. The molecule has 0 aliphatic heterocycles.